The summed E-state index contributed by atoms with van der Waals surface area (Å²) in [6.07, 6.45) is 0. The molecule has 18 heavy (non-hydrogen) atoms. The number of fused-ring (bicyclic) bond motifs is 1. The van der Waals surface area contributed by atoms with Crippen molar-refractivity contribution >= 4 is 26.6 Å². The molecule has 0 aromatic heterocycles. The summed E-state index contributed by atoms with van der Waals surface area (Å²) in [7, 11) is -3.88. The van der Waals surface area contributed by atoms with Crippen LogP contribution in [-0.4, -0.2) is 21.6 Å². The van der Waals surface area contributed by atoms with E-state index in [1.165, 1.54) is 0 Å². The topological polar surface area (TPSA) is 95.4 Å². The average molecular weight is 266 g/mol. The SMILES string of the molecule is NCCOS(=O)(=O)c1c(N)ccc2ccccc12. The van der Waals surface area contributed by atoms with Crippen LogP contribution in [0.3, 0.4) is 0 Å². The molecule has 0 heterocycles. The molecule has 2 aromatic rings. The van der Waals surface area contributed by atoms with Crippen LogP contribution in [0.25, 0.3) is 10.8 Å². The lowest BCUT2D eigenvalue weighted by atomic mass is 10.1. The summed E-state index contributed by atoms with van der Waals surface area (Å²) in [5.74, 6) is 0. The monoisotopic (exact) mass is 266 g/mol. The zero-order valence-electron chi connectivity index (χ0n) is 9.67. The second-order valence-corrected chi connectivity index (χ2v) is 5.32. The van der Waals surface area contributed by atoms with E-state index in [0.29, 0.717) is 5.39 Å². The lowest BCUT2D eigenvalue weighted by Gasteiger charge is -2.10. The fourth-order valence-electron chi connectivity index (χ4n) is 1.76. The Labute approximate surface area is 105 Å². The van der Waals surface area contributed by atoms with Gasteiger partial charge in [0.25, 0.3) is 10.1 Å². The molecule has 0 unspecified atom stereocenters. The first-order valence-electron chi connectivity index (χ1n) is 5.43. The fraction of sp³-hybridized carbons (Fsp3) is 0.167. The molecule has 2 rings (SSSR count). The van der Waals surface area contributed by atoms with Crippen molar-refractivity contribution in [3.8, 4) is 0 Å². The molecule has 5 nitrogen and oxygen atoms in total. The Morgan fingerprint density at radius 2 is 1.83 bits per heavy atom. The van der Waals surface area contributed by atoms with Gasteiger partial charge in [-0.3, -0.25) is 4.18 Å². The third-order valence-electron chi connectivity index (χ3n) is 2.52. The van der Waals surface area contributed by atoms with Crippen LogP contribution < -0.4 is 11.5 Å². The van der Waals surface area contributed by atoms with Crippen LogP contribution in [0.5, 0.6) is 0 Å². The van der Waals surface area contributed by atoms with Crippen molar-refractivity contribution in [1.82, 2.24) is 0 Å². The molecule has 0 fully saturated rings. The van der Waals surface area contributed by atoms with Gasteiger partial charge in [-0.05, 0) is 11.5 Å². The number of hydrogen-bond acceptors (Lipinski definition) is 5. The highest BCUT2D eigenvalue weighted by atomic mass is 32.2. The lowest BCUT2D eigenvalue weighted by Crippen LogP contribution is -2.15. The van der Waals surface area contributed by atoms with E-state index in [4.69, 9.17) is 15.7 Å². The van der Waals surface area contributed by atoms with Crippen molar-refractivity contribution < 1.29 is 12.6 Å². The molecule has 4 N–H and O–H groups in total. The summed E-state index contributed by atoms with van der Waals surface area (Å²) in [4.78, 5) is 0.00838. The zero-order valence-corrected chi connectivity index (χ0v) is 10.5. The standard InChI is InChI=1S/C12H14N2O3S/c13-7-8-17-18(15,16)12-10-4-2-1-3-9(10)5-6-11(12)14/h1-6H,7-8,13-14H2. The minimum absolute atomic E-state index is 0.00838. The van der Waals surface area contributed by atoms with E-state index in [1.807, 2.05) is 12.1 Å². The van der Waals surface area contributed by atoms with Crippen molar-refractivity contribution in [1.29, 1.82) is 0 Å². The number of anilines is 1. The second-order valence-electron chi connectivity index (χ2n) is 3.77. The highest BCUT2D eigenvalue weighted by Gasteiger charge is 2.21. The Hall–Kier alpha value is -1.63. The van der Waals surface area contributed by atoms with Crippen LogP contribution >= 0.6 is 0 Å². The third-order valence-corrected chi connectivity index (χ3v) is 3.95. The van der Waals surface area contributed by atoms with Crippen molar-refractivity contribution in [3.05, 3.63) is 36.4 Å². The molecule has 0 saturated carbocycles. The molecule has 96 valence electrons. The first-order valence-corrected chi connectivity index (χ1v) is 6.84. The Balaban J connectivity index is 2.66. The Morgan fingerprint density at radius 3 is 2.56 bits per heavy atom. The van der Waals surface area contributed by atoms with Crippen molar-refractivity contribution in [2.24, 2.45) is 5.73 Å². The average Bonchev–Trinajstić information content (AvgIpc) is 2.36. The molecule has 2 aromatic carbocycles. The minimum atomic E-state index is -3.88. The van der Waals surface area contributed by atoms with Crippen LogP contribution in [-0.2, 0) is 14.3 Å². The van der Waals surface area contributed by atoms with Crippen molar-refractivity contribution in [2.75, 3.05) is 18.9 Å². The smallest absolute Gasteiger partial charge is 0.299 e. The maximum atomic E-state index is 12.1. The van der Waals surface area contributed by atoms with Crippen LogP contribution in [0, 0.1) is 0 Å². The van der Waals surface area contributed by atoms with Crippen LogP contribution in [0.2, 0.25) is 0 Å². The molecule has 6 heteroatoms. The van der Waals surface area contributed by atoms with Gasteiger partial charge in [-0.2, -0.15) is 8.42 Å². The van der Waals surface area contributed by atoms with Gasteiger partial charge in [-0.15, -0.1) is 0 Å². The summed E-state index contributed by atoms with van der Waals surface area (Å²) in [5.41, 5.74) is 11.2. The molecule has 0 aliphatic carbocycles. The number of rotatable bonds is 4. The quantitative estimate of drug-likeness (QED) is 0.638. The second kappa shape index (κ2) is 4.93. The predicted molar refractivity (Wildman–Crippen MR) is 70.6 cm³/mol. The van der Waals surface area contributed by atoms with Crippen LogP contribution in [0.4, 0.5) is 5.69 Å². The van der Waals surface area contributed by atoms with E-state index in [2.05, 4.69) is 0 Å². The first-order chi connectivity index (χ1) is 8.56. The predicted octanol–water partition coefficient (Wildman–Crippen LogP) is 1.09. The molecule has 0 amide bonds. The van der Waals surface area contributed by atoms with Crippen LogP contribution in [0.1, 0.15) is 0 Å². The van der Waals surface area contributed by atoms with Crippen molar-refractivity contribution in [3.63, 3.8) is 0 Å². The normalized spacial score (nSPS) is 11.8. The van der Waals surface area contributed by atoms with E-state index in [0.717, 1.165) is 5.39 Å². The summed E-state index contributed by atoms with van der Waals surface area (Å²) < 4.78 is 29.0. The highest BCUT2D eigenvalue weighted by Crippen LogP contribution is 2.29. The molecule has 0 atom stereocenters. The fourth-order valence-corrected chi connectivity index (χ4v) is 3.00. The van der Waals surface area contributed by atoms with Gasteiger partial charge in [-0.1, -0.05) is 30.3 Å². The lowest BCUT2D eigenvalue weighted by molar-refractivity contribution is 0.328. The number of nitrogens with two attached hydrogens (primary N) is 2. The first kappa shape index (κ1) is 12.8. The maximum Gasteiger partial charge on any atom is 0.299 e. The summed E-state index contributed by atoms with van der Waals surface area (Å²) in [6.45, 7) is 0.0644. The number of hydrogen-bond donors (Lipinski definition) is 2. The third kappa shape index (κ3) is 2.31. The van der Waals surface area contributed by atoms with E-state index in [1.54, 1.807) is 24.3 Å². The van der Waals surface area contributed by atoms with Gasteiger partial charge in [0.1, 0.15) is 4.90 Å². The summed E-state index contributed by atoms with van der Waals surface area (Å²) in [5, 5.41) is 1.34. The van der Waals surface area contributed by atoms with E-state index < -0.39 is 10.1 Å². The Kier molecular flexibility index (Phi) is 3.51. The van der Waals surface area contributed by atoms with Gasteiger partial charge in [0.15, 0.2) is 0 Å². The molecular formula is C12H14N2O3S. The molecule has 0 radical (unpaired) electrons. The Morgan fingerprint density at radius 1 is 1.11 bits per heavy atom. The van der Waals surface area contributed by atoms with E-state index in [-0.39, 0.29) is 23.7 Å². The Bertz CT molecular complexity index is 668. The molecule has 0 bridgehead atoms. The zero-order chi connectivity index (χ0) is 13.2. The summed E-state index contributed by atoms with van der Waals surface area (Å²) in [6, 6.07) is 10.4. The van der Waals surface area contributed by atoms with Gasteiger partial charge in [-0.25, -0.2) is 0 Å². The minimum Gasteiger partial charge on any atom is -0.398 e. The van der Waals surface area contributed by atoms with Crippen molar-refractivity contribution in [2.45, 2.75) is 4.90 Å². The summed E-state index contributed by atoms with van der Waals surface area (Å²) >= 11 is 0. The largest absolute Gasteiger partial charge is 0.398 e. The van der Waals surface area contributed by atoms with Crippen LogP contribution in [0.15, 0.2) is 41.3 Å². The number of benzene rings is 2. The van der Waals surface area contributed by atoms with Gasteiger partial charge in [0, 0.05) is 11.9 Å². The van der Waals surface area contributed by atoms with Gasteiger partial charge in [0.05, 0.1) is 12.3 Å². The molecule has 0 spiro atoms. The molecule has 0 saturated heterocycles. The highest BCUT2D eigenvalue weighted by molar-refractivity contribution is 7.87. The molecule has 0 aliphatic heterocycles. The molecule has 0 aliphatic rings. The van der Waals surface area contributed by atoms with E-state index >= 15 is 0 Å². The molecular weight excluding hydrogens is 252 g/mol. The maximum absolute atomic E-state index is 12.1. The van der Waals surface area contributed by atoms with Gasteiger partial charge in [0.2, 0.25) is 0 Å². The van der Waals surface area contributed by atoms with E-state index in [9.17, 15) is 8.42 Å². The van der Waals surface area contributed by atoms with Gasteiger partial charge >= 0.3 is 0 Å². The number of nitrogen functional groups attached to an aromatic ring is 1. The van der Waals surface area contributed by atoms with Gasteiger partial charge < -0.3 is 11.5 Å².